The molecule has 1 aromatic carbocycles. The first-order valence-corrected chi connectivity index (χ1v) is 11.9. The number of rotatable bonds is 4. The number of methoxy groups -OCH3 is 2. The van der Waals surface area contributed by atoms with E-state index < -0.39 is 40.8 Å². The van der Waals surface area contributed by atoms with Gasteiger partial charge >= 0.3 is 6.09 Å². The predicted molar refractivity (Wildman–Crippen MR) is 137 cm³/mol. The number of aromatic nitrogens is 3. The van der Waals surface area contributed by atoms with Crippen LogP contribution in [0.5, 0.6) is 11.5 Å². The van der Waals surface area contributed by atoms with Crippen molar-refractivity contribution in [1.82, 2.24) is 19.7 Å². The van der Waals surface area contributed by atoms with E-state index in [1.807, 2.05) is 0 Å². The number of pyridine rings is 1. The smallest absolute Gasteiger partial charge is 0.410 e. The van der Waals surface area contributed by atoms with E-state index in [0.29, 0.717) is 13.0 Å². The second kappa shape index (κ2) is 10.3. The maximum Gasteiger partial charge on any atom is 0.410 e. The molecule has 206 valence electrons. The Morgan fingerprint density at radius 2 is 1.77 bits per heavy atom. The van der Waals surface area contributed by atoms with Gasteiger partial charge in [-0.25, -0.2) is 18.6 Å². The van der Waals surface area contributed by atoms with Gasteiger partial charge in [-0.1, -0.05) is 5.92 Å². The zero-order valence-corrected chi connectivity index (χ0v) is 22.1. The summed E-state index contributed by atoms with van der Waals surface area (Å²) in [5.74, 6) is 1.71. The number of primary amides is 1. The van der Waals surface area contributed by atoms with Crippen LogP contribution in [0, 0.1) is 23.5 Å². The van der Waals surface area contributed by atoms with Gasteiger partial charge in [-0.05, 0) is 33.1 Å². The Hall–Kier alpha value is -4.60. The number of halogens is 2. The van der Waals surface area contributed by atoms with Crippen molar-refractivity contribution in [1.29, 1.82) is 0 Å². The topological polar surface area (TPSA) is 148 Å². The van der Waals surface area contributed by atoms with Crippen molar-refractivity contribution in [2.45, 2.75) is 38.8 Å². The Balaban J connectivity index is 1.85. The Kier molecular flexibility index (Phi) is 7.23. The summed E-state index contributed by atoms with van der Waals surface area (Å²) in [7, 11) is 2.45. The van der Waals surface area contributed by atoms with Crippen molar-refractivity contribution >= 4 is 28.7 Å². The molecule has 1 aliphatic rings. The Labute approximate surface area is 223 Å². The van der Waals surface area contributed by atoms with Gasteiger partial charge in [0.05, 0.1) is 36.7 Å². The number of nitrogens with zero attached hydrogens (tertiary/aromatic N) is 4. The highest BCUT2D eigenvalue weighted by molar-refractivity contribution is 6.08. The van der Waals surface area contributed by atoms with Gasteiger partial charge in [0.15, 0.2) is 23.1 Å². The molecule has 39 heavy (non-hydrogen) atoms. The summed E-state index contributed by atoms with van der Waals surface area (Å²) >= 11 is 0. The highest BCUT2D eigenvalue weighted by Crippen LogP contribution is 2.33. The second-order valence-electron chi connectivity index (χ2n) is 9.84. The lowest BCUT2D eigenvalue weighted by Crippen LogP contribution is -2.35. The van der Waals surface area contributed by atoms with Crippen molar-refractivity contribution in [3.8, 4) is 23.3 Å². The molecule has 1 saturated heterocycles. The zero-order valence-electron chi connectivity index (χ0n) is 22.1. The molecule has 1 atom stereocenters. The summed E-state index contributed by atoms with van der Waals surface area (Å²) in [4.78, 5) is 30.5. The molecule has 0 radical (unpaired) electrons. The fourth-order valence-electron chi connectivity index (χ4n) is 4.28. The highest BCUT2D eigenvalue weighted by Gasteiger charge is 2.33. The second-order valence-corrected chi connectivity index (χ2v) is 9.84. The molecule has 2 amide bonds. The minimum Gasteiger partial charge on any atom is -0.493 e. The van der Waals surface area contributed by atoms with Crippen molar-refractivity contribution in [3.05, 3.63) is 40.7 Å². The predicted octanol–water partition coefficient (Wildman–Crippen LogP) is 2.99. The maximum absolute atomic E-state index is 14.9. The first kappa shape index (κ1) is 27.4. The van der Waals surface area contributed by atoms with E-state index in [9.17, 15) is 18.4 Å². The molecular weight excluding hydrogens is 514 g/mol. The zero-order chi connectivity index (χ0) is 28.6. The van der Waals surface area contributed by atoms with Gasteiger partial charge in [0.1, 0.15) is 22.7 Å². The van der Waals surface area contributed by atoms with Crippen LogP contribution in [0.2, 0.25) is 0 Å². The average Bonchev–Trinajstić information content (AvgIpc) is 3.49. The molecule has 0 bridgehead atoms. The standard InChI is InChI=1S/C26H28F2N6O5/c1-26(2,3)39-25(36)33-9-8-13(12-33)34-22-15(24(30)35)11-31-23(29)19(22)16(32-34)7-6-14-20(27)17(37-4)10-18(38-5)21(14)28/h10-11,13H,8-9,12H2,1-5H3,(H2,29,31)(H2,30,35)/t13-/m0/s1. The van der Waals surface area contributed by atoms with Crippen LogP contribution in [-0.2, 0) is 4.74 Å². The summed E-state index contributed by atoms with van der Waals surface area (Å²) in [5, 5.41) is 4.72. The number of fused-ring (bicyclic) bond motifs is 1. The number of likely N-dealkylation sites (tertiary alicyclic amines) is 1. The molecule has 0 aliphatic carbocycles. The molecule has 2 aromatic heterocycles. The van der Waals surface area contributed by atoms with Crippen LogP contribution in [0.3, 0.4) is 0 Å². The third kappa shape index (κ3) is 5.22. The number of hydrogen-bond donors (Lipinski definition) is 2. The van der Waals surface area contributed by atoms with E-state index in [-0.39, 0.29) is 46.0 Å². The molecule has 3 heterocycles. The van der Waals surface area contributed by atoms with Gasteiger partial charge in [-0.15, -0.1) is 0 Å². The summed E-state index contributed by atoms with van der Waals surface area (Å²) in [6, 6.07) is 0.665. The van der Waals surface area contributed by atoms with E-state index in [4.69, 9.17) is 25.7 Å². The average molecular weight is 543 g/mol. The number of amides is 2. The lowest BCUT2D eigenvalue weighted by Gasteiger charge is -2.24. The number of hydrogen-bond acceptors (Lipinski definition) is 8. The first-order chi connectivity index (χ1) is 18.4. The number of carbonyl (C=O) groups is 2. The SMILES string of the molecule is COc1cc(OC)c(F)c(C#Cc2nn([C@H]3CCN(C(=O)OC(C)(C)C)C3)c3c(C(N)=O)cnc(N)c23)c1F. The van der Waals surface area contributed by atoms with E-state index in [2.05, 4.69) is 21.9 Å². The van der Waals surface area contributed by atoms with Crippen LogP contribution in [-0.4, -0.2) is 64.6 Å². The molecule has 0 unspecified atom stereocenters. The molecule has 1 aliphatic heterocycles. The largest absolute Gasteiger partial charge is 0.493 e. The molecule has 4 N–H and O–H groups in total. The number of ether oxygens (including phenoxy) is 3. The minimum atomic E-state index is -1.03. The van der Waals surface area contributed by atoms with Gasteiger partial charge in [0.2, 0.25) is 0 Å². The van der Waals surface area contributed by atoms with E-state index in [0.717, 1.165) is 6.07 Å². The van der Waals surface area contributed by atoms with Gasteiger partial charge < -0.3 is 30.6 Å². The molecule has 0 spiro atoms. The first-order valence-electron chi connectivity index (χ1n) is 11.9. The number of carbonyl (C=O) groups excluding carboxylic acids is 2. The fourth-order valence-corrected chi connectivity index (χ4v) is 4.28. The molecule has 3 aromatic rings. The number of nitrogen functional groups attached to an aromatic ring is 1. The highest BCUT2D eigenvalue weighted by atomic mass is 19.1. The van der Waals surface area contributed by atoms with Crippen LogP contribution >= 0.6 is 0 Å². The van der Waals surface area contributed by atoms with Crippen LogP contribution in [0.1, 0.15) is 54.8 Å². The molecule has 0 saturated carbocycles. The molecule has 1 fully saturated rings. The maximum atomic E-state index is 14.9. The summed E-state index contributed by atoms with van der Waals surface area (Å²) < 4.78 is 46.7. The van der Waals surface area contributed by atoms with E-state index >= 15 is 0 Å². The van der Waals surface area contributed by atoms with Crippen molar-refractivity contribution < 1.29 is 32.6 Å². The van der Waals surface area contributed by atoms with Crippen LogP contribution < -0.4 is 20.9 Å². The molecule has 13 heteroatoms. The van der Waals surface area contributed by atoms with Crippen LogP contribution in [0.4, 0.5) is 19.4 Å². The van der Waals surface area contributed by atoms with Crippen molar-refractivity contribution in [2.75, 3.05) is 33.0 Å². The normalized spacial score (nSPS) is 15.2. The fraction of sp³-hybridized carbons (Fsp3) is 0.385. The van der Waals surface area contributed by atoms with Crippen LogP contribution in [0.15, 0.2) is 12.3 Å². The lowest BCUT2D eigenvalue weighted by atomic mass is 10.1. The van der Waals surface area contributed by atoms with E-state index in [1.54, 1.807) is 20.8 Å². The number of nitrogens with two attached hydrogens (primary N) is 2. The molecule has 11 nitrogen and oxygen atoms in total. The van der Waals surface area contributed by atoms with E-state index in [1.165, 1.54) is 30.0 Å². The minimum absolute atomic E-state index is 0.00871. The Bertz CT molecular complexity index is 1510. The third-order valence-electron chi connectivity index (χ3n) is 6.06. The summed E-state index contributed by atoms with van der Waals surface area (Å²) in [6.45, 7) is 5.89. The van der Waals surface area contributed by atoms with Gasteiger partial charge in [0, 0.05) is 25.4 Å². The Morgan fingerprint density at radius 3 is 2.33 bits per heavy atom. The molecular formula is C26H28F2N6O5. The summed E-state index contributed by atoms with van der Waals surface area (Å²) in [5.41, 5.74) is 10.8. The summed E-state index contributed by atoms with van der Waals surface area (Å²) in [6.07, 6.45) is 1.21. The van der Waals surface area contributed by atoms with Gasteiger partial charge in [-0.3, -0.25) is 9.48 Å². The molecule has 4 rings (SSSR count). The lowest BCUT2D eigenvalue weighted by molar-refractivity contribution is 0.0288. The Morgan fingerprint density at radius 1 is 1.13 bits per heavy atom. The third-order valence-corrected chi connectivity index (χ3v) is 6.06. The number of anilines is 1. The monoisotopic (exact) mass is 542 g/mol. The number of benzene rings is 1. The quantitative estimate of drug-likeness (QED) is 0.478. The van der Waals surface area contributed by atoms with Crippen molar-refractivity contribution in [2.24, 2.45) is 5.73 Å². The van der Waals surface area contributed by atoms with Gasteiger partial charge in [0.25, 0.3) is 5.91 Å². The van der Waals surface area contributed by atoms with Crippen molar-refractivity contribution in [3.63, 3.8) is 0 Å². The van der Waals surface area contributed by atoms with Gasteiger partial charge in [-0.2, -0.15) is 5.10 Å². The van der Waals surface area contributed by atoms with Crippen LogP contribution in [0.25, 0.3) is 10.9 Å².